The molecule has 16 heteroatoms. The Morgan fingerprint density at radius 1 is 1.16 bits per heavy atom. The standard InChI is InChI=1S/C21H19ClF3N7O4S/c1-9-27-29-19(32(9)13-6-10(22)2-3-11(13)21(23,24)25)18-17(35)15(16(34)14(8-33)36-18)31-7-12(28-30-31)20-26-4-5-37-20/h2-7,14-18,33-35H,8H2,1H3/t14?,15-,16-,17?,18+/m0/s1. The Labute approximate surface area is 215 Å². The van der Waals surface area contributed by atoms with Crippen LogP contribution in [0.25, 0.3) is 16.4 Å². The second-order valence-electron chi connectivity index (χ2n) is 8.27. The summed E-state index contributed by atoms with van der Waals surface area (Å²) in [6.07, 6.45) is -7.39. The van der Waals surface area contributed by atoms with Crippen molar-refractivity contribution in [1.82, 2.24) is 34.7 Å². The molecule has 37 heavy (non-hydrogen) atoms. The largest absolute Gasteiger partial charge is 0.418 e. The number of nitrogens with zero attached hydrogens (tertiary/aromatic N) is 7. The van der Waals surface area contributed by atoms with Crippen LogP contribution < -0.4 is 0 Å². The second kappa shape index (κ2) is 9.74. The average molecular weight is 558 g/mol. The lowest BCUT2D eigenvalue weighted by Gasteiger charge is -2.41. The van der Waals surface area contributed by atoms with Gasteiger partial charge in [0.2, 0.25) is 0 Å². The van der Waals surface area contributed by atoms with Crippen molar-refractivity contribution in [1.29, 1.82) is 0 Å². The summed E-state index contributed by atoms with van der Waals surface area (Å²) in [5, 5.41) is 50.3. The number of thiazole rings is 1. The molecule has 4 aromatic rings. The van der Waals surface area contributed by atoms with Crippen LogP contribution in [0.5, 0.6) is 0 Å². The fourth-order valence-electron chi connectivity index (χ4n) is 4.29. The normalized spacial score (nSPS) is 24.5. The van der Waals surface area contributed by atoms with E-state index in [0.29, 0.717) is 10.7 Å². The van der Waals surface area contributed by atoms with E-state index in [1.165, 1.54) is 29.1 Å². The number of benzene rings is 1. The van der Waals surface area contributed by atoms with Gasteiger partial charge in [0.1, 0.15) is 47.0 Å². The molecule has 5 atom stereocenters. The second-order valence-corrected chi connectivity index (χ2v) is 9.60. The van der Waals surface area contributed by atoms with Gasteiger partial charge in [0.05, 0.1) is 24.1 Å². The molecule has 3 aromatic heterocycles. The molecule has 0 spiro atoms. The Morgan fingerprint density at radius 2 is 1.95 bits per heavy atom. The van der Waals surface area contributed by atoms with E-state index in [1.807, 2.05) is 0 Å². The van der Waals surface area contributed by atoms with Gasteiger partial charge in [-0.15, -0.1) is 26.6 Å². The van der Waals surface area contributed by atoms with Gasteiger partial charge in [-0.1, -0.05) is 16.8 Å². The lowest BCUT2D eigenvalue weighted by Crippen LogP contribution is -2.53. The first-order valence-corrected chi connectivity index (χ1v) is 12.1. The SMILES string of the molecule is Cc1nnc([C@@H]2OC(CO)[C@H](O)[C@H](n3cc(-c4nccs4)nn3)C2O)n1-c1cc(Cl)ccc1C(F)(F)F. The Balaban J connectivity index is 1.60. The molecule has 11 nitrogen and oxygen atoms in total. The number of aryl methyl sites for hydroxylation is 1. The van der Waals surface area contributed by atoms with E-state index >= 15 is 0 Å². The molecule has 1 saturated heterocycles. The smallest absolute Gasteiger partial charge is 0.394 e. The van der Waals surface area contributed by atoms with Crippen molar-refractivity contribution in [3.63, 3.8) is 0 Å². The van der Waals surface area contributed by atoms with Crippen molar-refractivity contribution in [2.75, 3.05) is 6.61 Å². The van der Waals surface area contributed by atoms with Crippen molar-refractivity contribution in [3.8, 4) is 16.4 Å². The van der Waals surface area contributed by atoms with E-state index in [4.69, 9.17) is 16.3 Å². The average Bonchev–Trinajstić information content (AvgIpc) is 3.60. The molecular formula is C21H19ClF3N7O4S. The number of aliphatic hydroxyl groups excluding tert-OH is 3. The third kappa shape index (κ3) is 4.62. The van der Waals surface area contributed by atoms with Crippen molar-refractivity contribution in [2.24, 2.45) is 0 Å². The van der Waals surface area contributed by atoms with Crippen LogP contribution in [0.3, 0.4) is 0 Å². The highest BCUT2D eigenvalue weighted by Gasteiger charge is 2.49. The van der Waals surface area contributed by atoms with E-state index < -0.39 is 48.8 Å². The molecule has 2 unspecified atom stereocenters. The Kier molecular flexibility index (Phi) is 6.76. The number of rotatable bonds is 5. The van der Waals surface area contributed by atoms with Gasteiger partial charge >= 0.3 is 6.18 Å². The molecule has 1 aromatic carbocycles. The monoisotopic (exact) mass is 557 g/mol. The first kappa shape index (κ1) is 25.7. The van der Waals surface area contributed by atoms with E-state index in [9.17, 15) is 28.5 Å². The maximum atomic E-state index is 13.9. The number of aromatic nitrogens is 7. The maximum Gasteiger partial charge on any atom is 0.418 e. The van der Waals surface area contributed by atoms with Gasteiger partial charge in [0, 0.05) is 16.6 Å². The molecule has 5 rings (SSSR count). The zero-order chi connectivity index (χ0) is 26.5. The minimum Gasteiger partial charge on any atom is -0.394 e. The molecule has 196 valence electrons. The summed E-state index contributed by atoms with van der Waals surface area (Å²) < 4.78 is 49.6. The quantitative estimate of drug-likeness (QED) is 0.337. The lowest BCUT2D eigenvalue weighted by atomic mass is 9.92. The van der Waals surface area contributed by atoms with Crippen LogP contribution in [-0.2, 0) is 10.9 Å². The van der Waals surface area contributed by atoms with Gasteiger partial charge in [-0.3, -0.25) is 4.57 Å². The van der Waals surface area contributed by atoms with Crippen molar-refractivity contribution in [2.45, 2.75) is 43.6 Å². The van der Waals surface area contributed by atoms with Crippen LogP contribution in [0.4, 0.5) is 13.2 Å². The number of hydrogen-bond acceptors (Lipinski definition) is 10. The van der Waals surface area contributed by atoms with Crippen LogP contribution in [0.1, 0.15) is 29.4 Å². The predicted molar refractivity (Wildman–Crippen MR) is 123 cm³/mol. The molecule has 1 aliphatic heterocycles. The molecule has 1 aliphatic rings. The van der Waals surface area contributed by atoms with Crippen molar-refractivity contribution >= 4 is 22.9 Å². The van der Waals surface area contributed by atoms with Crippen LogP contribution >= 0.6 is 22.9 Å². The number of alkyl halides is 3. The highest BCUT2D eigenvalue weighted by molar-refractivity contribution is 7.13. The zero-order valence-corrected chi connectivity index (χ0v) is 20.4. The van der Waals surface area contributed by atoms with E-state index in [0.717, 1.165) is 22.8 Å². The molecule has 0 saturated carbocycles. The highest BCUT2D eigenvalue weighted by atomic mass is 35.5. The number of halogens is 4. The first-order chi connectivity index (χ1) is 17.6. The number of ether oxygens (including phenoxy) is 1. The van der Waals surface area contributed by atoms with E-state index in [2.05, 4.69) is 25.5 Å². The van der Waals surface area contributed by atoms with E-state index in [1.54, 1.807) is 11.6 Å². The zero-order valence-electron chi connectivity index (χ0n) is 18.9. The Hall–Kier alpha value is -2.95. The third-order valence-corrected chi connectivity index (χ3v) is 7.00. The predicted octanol–water partition coefficient (Wildman–Crippen LogP) is 2.36. The Morgan fingerprint density at radius 3 is 2.62 bits per heavy atom. The first-order valence-electron chi connectivity index (χ1n) is 10.8. The highest BCUT2D eigenvalue weighted by Crippen LogP contribution is 2.41. The van der Waals surface area contributed by atoms with E-state index in [-0.39, 0.29) is 22.4 Å². The van der Waals surface area contributed by atoms with Crippen LogP contribution in [0, 0.1) is 6.92 Å². The summed E-state index contributed by atoms with van der Waals surface area (Å²) in [5.41, 5.74) is -1.000. The minimum absolute atomic E-state index is 0.0334. The fraction of sp³-hybridized carbons (Fsp3) is 0.381. The molecule has 0 radical (unpaired) electrons. The summed E-state index contributed by atoms with van der Waals surface area (Å²) in [6.45, 7) is 0.771. The minimum atomic E-state index is -4.74. The van der Waals surface area contributed by atoms with Gasteiger partial charge in [-0.05, 0) is 25.1 Å². The van der Waals surface area contributed by atoms with Crippen molar-refractivity contribution in [3.05, 3.63) is 58.2 Å². The van der Waals surface area contributed by atoms with Gasteiger partial charge in [-0.25, -0.2) is 9.67 Å². The molecule has 1 fully saturated rings. The third-order valence-electron chi connectivity index (χ3n) is 5.97. The van der Waals surface area contributed by atoms with Crippen LogP contribution in [0.15, 0.2) is 36.0 Å². The van der Waals surface area contributed by atoms with Gasteiger partial charge in [0.25, 0.3) is 0 Å². The van der Waals surface area contributed by atoms with Gasteiger partial charge < -0.3 is 20.1 Å². The Bertz CT molecular complexity index is 1400. The van der Waals surface area contributed by atoms with Crippen LogP contribution in [0.2, 0.25) is 5.02 Å². The fourth-order valence-corrected chi connectivity index (χ4v) is 5.04. The van der Waals surface area contributed by atoms with Crippen LogP contribution in [-0.4, -0.2) is 75.0 Å². The molecule has 3 N–H and O–H groups in total. The summed E-state index contributed by atoms with van der Waals surface area (Å²) >= 11 is 7.33. The lowest BCUT2D eigenvalue weighted by molar-refractivity contribution is -0.210. The summed E-state index contributed by atoms with van der Waals surface area (Å²) in [7, 11) is 0. The van der Waals surface area contributed by atoms with Gasteiger partial charge in [0.15, 0.2) is 5.82 Å². The van der Waals surface area contributed by atoms with Crippen molar-refractivity contribution < 1.29 is 33.2 Å². The number of aliphatic hydroxyl groups is 3. The summed E-state index contributed by atoms with van der Waals surface area (Å²) in [6, 6.07) is 1.84. The molecule has 0 bridgehead atoms. The molecule has 0 amide bonds. The summed E-state index contributed by atoms with van der Waals surface area (Å²) in [4.78, 5) is 4.15. The number of hydrogen-bond donors (Lipinski definition) is 3. The summed E-state index contributed by atoms with van der Waals surface area (Å²) in [5.74, 6) is -0.123. The topological polar surface area (TPSA) is 144 Å². The molecular weight excluding hydrogens is 539 g/mol. The molecule has 0 aliphatic carbocycles. The maximum absolute atomic E-state index is 13.9. The van der Waals surface area contributed by atoms with Gasteiger partial charge in [-0.2, -0.15) is 13.2 Å². The molecule has 4 heterocycles.